The van der Waals surface area contributed by atoms with Gasteiger partial charge in [-0.2, -0.15) is 0 Å². The third kappa shape index (κ3) is 5.67. The summed E-state index contributed by atoms with van der Waals surface area (Å²) in [5.74, 6) is 0. The summed E-state index contributed by atoms with van der Waals surface area (Å²) in [7, 11) is -1.17. The highest BCUT2D eigenvalue weighted by molar-refractivity contribution is 6.42. The molecule has 0 bridgehead atoms. The molecule has 4 nitrogen and oxygen atoms in total. The van der Waals surface area contributed by atoms with E-state index in [1.54, 1.807) is 0 Å². The van der Waals surface area contributed by atoms with Crippen molar-refractivity contribution in [2.45, 2.75) is 32.6 Å². The second-order valence-electron chi connectivity index (χ2n) is 2.82. The maximum atomic E-state index is 5.47. The molecule has 0 amide bonds. The summed E-state index contributed by atoms with van der Waals surface area (Å²) in [4.78, 5) is 0. The molecule has 0 aromatic carbocycles. The monoisotopic (exact) mass is 191 g/mol. The molecule has 0 aliphatic carbocycles. The Kier molecular flexibility index (Phi) is 6.59. The van der Waals surface area contributed by atoms with E-state index in [1.807, 2.05) is 20.4 Å². The Morgan fingerprint density at radius 3 is 1.67 bits per heavy atom. The Bertz CT molecular complexity index is 104. The highest BCUT2D eigenvalue weighted by atomic mass is 28.3. The molecule has 2 atom stereocenters. The van der Waals surface area contributed by atoms with E-state index in [4.69, 9.17) is 20.3 Å². The number of hydrogen-bond acceptors (Lipinski definition) is 4. The lowest BCUT2D eigenvalue weighted by molar-refractivity contribution is 0.125. The van der Waals surface area contributed by atoms with E-state index in [-0.39, 0.29) is 12.2 Å². The van der Waals surface area contributed by atoms with Gasteiger partial charge in [0.25, 0.3) is 0 Å². The molecule has 4 N–H and O–H groups in total. The molecule has 0 rings (SSSR count). The van der Waals surface area contributed by atoms with Crippen molar-refractivity contribution in [1.82, 2.24) is 0 Å². The van der Waals surface area contributed by atoms with Crippen molar-refractivity contribution in [2.24, 2.45) is 11.5 Å². The lowest BCUT2D eigenvalue weighted by atomic mass is 10.4. The predicted molar refractivity (Wildman–Crippen MR) is 50.8 cm³/mol. The van der Waals surface area contributed by atoms with E-state index in [0.29, 0.717) is 13.1 Å². The van der Waals surface area contributed by atoms with E-state index in [0.717, 1.165) is 0 Å². The van der Waals surface area contributed by atoms with Crippen LogP contribution < -0.4 is 11.5 Å². The SMILES string of the molecule is CC(CN)O[Si](C)OC(C)CN. The molecule has 0 aliphatic rings. The van der Waals surface area contributed by atoms with Gasteiger partial charge in [-0.1, -0.05) is 0 Å². The first-order chi connectivity index (χ1) is 5.60. The molecule has 0 aromatic rings. The van der Waals surface area contributed by atoms with E-state index in [2.05, 4.69) is 0 Å². The van der Waals surface area contributed by atoms with Crippen LogP contribution in [0.2, 0.25) is 6.55 Å². The molecule has 1 radical (unpaired) electrons. The molecule has 0 fully saturated rings. The van der Waals surface area contributed by atoms with Crippen LogP contribution in [0.15, 0.2) is 0 Å². The largest absolute Gasteiger partial charge is 0.389 e. The smallest absolute Gasteiger partial charge is 0.381 e. The van der Waals surface area contributed by atoms with Crippen molar-refractivity contribution in [3.8, 4) is 0 Å². The topological polar surface area (TPSA) is 70.5 Å². The first-order valence-corrected chi connectivity index (χ1v) is 5.98. The van der Waals surface area contributed by atoms with Crippen molar-refractivity contribution >= 4 is 9.28 Å². The van der Waals surface area contributed by atoms with Gasteiger partial charge >= 0.3 is 9.28 Å². The van der Waals surface area contributed by atoms with Crippen molar-refractivity contribution in [2.75, 3.05) is 13.1 Å². The molecular weight excluding hydrogens is 172 g/mol. The quantitative estimate of drug-likeness (QED) is 0.572. The normalized spacial score (nSPS) is 16.5. The van der Waals surface area contributed by atoms with Gasteiger partial charge in [0.1, 0.15) is 0 Å². The maximum absolute atomic E-state index is 5.47. The summed E-state index contributed by atoms with van der Waals surface area (Å²) in [6, 6.07) is 0. The summed E-state index contributed by atoms with van der Waals surface area (Å²) in [5.41, 5.74) is 10.8. The van der Waals surface area contributed by atoms with Gasteiger partial charge in [0.15, 0.2) is 0 Å². The summed E-state index contributed by atoms with van der Waals surface area (Å²) in [6.45, 7) is 6.88. The minimum Gasteiger partial charge on any atom is -0.389 e. The summed E-state index contributed by atoms with van der Waals surface area (Å²) in [5, 5.41) is 0. The highest BCUT2D eigenvalue weighted by Crippen LogP contribution is 1.98. The molecule has 0 saturated heterocycles. The average Bonchev–Trinajstić information content (AvgIpc) is 2.03. The minimum atomic E-state index is -1.17. The molecule has 0 aromatic heterocycles. The minimum absolute atomic E-state index is 0.0777. The molecule has 73 valence electrons. The van der Waals surface area contributed by atoms with Gasteiger partial charge in [-0.05, 0) is 20.4 Å². The van der Waals surface area contributed by atoms with Gasteiger partial charge in [0, 0.05) is 13.1 Å². The maximum Gasteiger partial charge on any atom is 0.381 e. The highest BCUT2D eigenvalue weighted by Gasteiger charge is 2.14. The van der Waals surface area contributed by atoms with Crippen LogP contribution in [-0.2, 0) is 8.85 Å². The number of nitrogens with two attached hydrogens (primary N) is 2. The third-order valence-electron chi connectivity index (χ3n) is 1.40. The zero-order valence-corrected chi connectivity index (χ0v) is 9.04. The standard InChI is InChI=1S/C7H19N2O2Si/c1-6(4-8)10-12(3)11-7(2)5-9/h6-7H,4-5,8-9H2,1-3H3. The fraction of sp³-hybridized carbons (Fsp3) is 1.00. The molecule has 0 saturated carbocycles. The Balaban J connectivity index is 3.51. The van der Waals surface area contributed by atoms with Gasteiger partial charge in [0.05, 0.1) is 12.2 Å². The Hall–Kier alpha value is 0.0569. The van der Waals surface area contributed by atoms with Crippen LogP contribution in [-0.4, -0.2) is 34.6 Å². The molecule has 5 heteroatoms. The first kappa shape index (κ1) is 12.1. The lowest BCUT2D eigenvalue weighted by Gasteiger charge is -2.19. The number of rotatable bonds is 6. The molecule has 2 unspecified atom stereocenters. The zero-order chi connectivity index (χ0) is 9.56. The summed E-state index contributed by atoms with van der Waals surface area (Å²) in [6.07, 6.45) is 0.155. The Labute approximate surface area is 76.1 Å². The average molecular weight is 191 g/mol. The first-order valence-electron chi connectivity index (χ1n) is 4.17. The summed E-state index contributed by atoms with van der Waals surface area (Å²) >= 11 is 0. The van der Waals surface area contributed by atoms with Gasteiger partial charge < -0.3 is 20.3 Å². The van der Waals surface area contributed by atoms with Crippen LogP contribution in [0.4, 0.5) is 0 Å². The van der Waals surface area contributed by atoms with Gasteiger partial charge in [0.2, 0.25) is 0 Å². The molecule has 0 aliphatic heterocycles. The van der Waals surface area contributed by atoms with Crippen LogP contribution in [0.3, 0.4) is 0 Å². The van der Waals surface area contributed by atoms with Crippen LogP contribution in [0.5, 0.6) is 0 Å². The van der Waals surface area contributed by atoms with Gasteiger partial charge in [-0.25, -0.2) is 0 Å². The lowest BCUT2D eigenvalue weighted by Crippen LogP contribution is -2.34. The molecule has 0 heterocycles. The second kappa shape index (κ2) is 6.56. The molecule has 0 spiro atoms. The molecular formula is C7H19N2O2Si. The fourth-order valence-corrected chi connectivity index (χ4v) is 2.07. The van der Waals surface area contributed by atoms with Crippen LogP contribution in [0.1, 0.15) is 13.8 Å². The van der Waals surface area contributed by atoms with Crippen molar-refractivity contribution < 1.29 is 8.85 Å². The summed E-state index contributed by atoms with van der Waals surface area (Å²) < 4.78 is 10.9. The van der Waals surface area contributed by atoms with Gasteiger partial charge in [-0.3, -0.25) is 0 Å². The van der Waals surface area contributed by atoms with Crippen LogP contribution in [0, 0.1) is 0 Å². The van der Waals surface area contributed by atoms with Crippen molar-refractivity contribution in [1.29, 1.82) is 0 Å². The van der Waals surface area contributed by atoms with Gasteiger partial charge in [-0.15, -0.1) is 0 Å². The second-order valence-corrected chi connectivity index (χ2v) is 4.27. The van der Waals surface area contributed by atoms with Crippen LogP contribution in [0.25, 0.3) is 0 Å². The third-order valence-corrected chi connectivity index (χ3v) is 2.87. The Morgan fingerprint density at radius 2 is 1.42 bits per heavy atom. The van der Waals surface area contributed by atoms with E-state index in [9.17, 15) is 0 Å². The predicted octanol–water partition coefficient (Wildman–Crippen LogP) is -0.168. The van der Waals surface area contributed by atoms with Crippen molar-refractivity contribution in [3.63, 3.8) is 0 Å². The number of hydrogen-bond donors (Lipinski definition) is 2. The molecule has 12 heavy (non-hydrogen) atoms. The zero-order valence-electron chi connectivity index (χ0n) is 8.04. The van der Waals surface area contributed by atoms with E-state index in [1.165, 1.54) is 0 Å². The van der Waals surface area contributed by atoms with Crippen molar-refractivity contribution in [3.05, 3.63) is 0 Å². The Morgan fingerprint density at radius 1 is 1.08 bits per heavy atom. The van der Waals surface area contributed by atoms with E-state index >= 15 is 0 Å². The van der Waals surface area contributed by atoms with E-state index < -0.39 is 9.28 Å². The van der Waals surface area contributed by atoms with Crippen LogP contribution >= 0.6 is 0 Å². The fourth-order valence-electron chi connectivity index (χ4n) is 0.691.